The molecular formula is C16H32N2O3. The molecule has 0 aliphatic carbocycles. The highest BCUT2D eigenvalue weighted by atomic mass is 16.5. The summed E-state index contributed by atoms with van der Waals surface area (Å²) >= 11 is 0. The van der Waals surface area contributed by atoms with E-state index in [1.54, 1.807) is 7.11 Å². The summed E-state index contributed by atoms with van der Waals surface area (Å²) in [5.74, 6) is -0.0209. The third-order valence-corrected chi connectivity index (χ3v) is 4.72. The summed E-state index contributed by atoms with van der Waals surface area (Å²) in [5, 5.41) is 12.7. The van der Waals surface area contributed by atoms with Crippen molar-refractivity contribution in [1.82, 2.24) is 10.2 Å². The minimum atomic E-state index is -0.747. The highest BCUT2D eigenvalue weighted by Crippen LogP contribution is 2.21. The lowest BCUT2D eigenvalue weighted by Gasteiger charge is -2.33. The number of likely N-dealkylation sites (tertiary alicyclic amines) is 1. The third kappa shape index (κ3) is 5.57. The van der Waals surface area contributed by atoms with E-state index in [0.717, 1.165) is 32.7 Å². The molecule has 0 radical (unpaired) electrons. The molecule has 2 N–H and O–H groups in total. The van der Waals surface area contributed by atoms with Crippen LogP contribution in [-0.4, -0.2) is 61.4 Å². The number of hydrogen-bond donors (Lipinski definition) is 2. The molecule has 1 unspecified atom stereocenters. The standard InChI is InChI=1S/C16H32N2O3/c1-4-16(15(19)20,17-5-2)9-6-10-18-11-7-14(8-12-18)13-21-3/h14,17H,4-13H2,1-3H3,(H,19,20). The number of carboxylic acid groups (broad SMARTS) is 1. The highest BCUT2D eigenvalue weighted by molar-refractivity contribution is 5.78. The van der Waals surface area contributed by atoms with E-state index in [2.05, 4.69) is 10.2 Å². The molecule has 0 bridgehead atoms. The van der Waals surface area contributed by atoms with E-state index < -0.39 is 11.5 Å². The van der Waals surface area contributed by atoms with E-state index in [4.69, 9.17) is 4.74 Å². The fourth-order valence-electron chi connectivity index (χ4n) is 3.28. The van der Waals surface area contributed by atoms with Crippen molar-refractivity contribution in [3.05, 3.63) is 0 Å². The first-order valence-electron chi connectivity index (χ1n) is 8.27. The Labute approximate surface area is 129 Å². The van der Waals surface area contributed by atoms with Gasteiger partial charge in [0.05, 0.1) is 0 Å². The van der Waals surface area contributed by atoms with Gasteiger partial charge in [-0.05, 0) is 64.2 Å². The zero-order chi connectivity index (χ0) is 15.7. The Hall–Kier alpha value is -0.650. The van der Waals surface area contributed by atoms with Crippen LogP contribution >= 0.6 is 0 Å². The molecule has 1 saturated heterocycles. The van der Waals surface area contributed by atoms with Crippen LogP contribution in [0, 0.1) is 5.92 Å². The SMILES string of the molecule is CCNC(CC)(CCCN1CCC(COC)CC1)C(=O)O. The lowest BCUT2D eigenvalue weighted by molar-refractivity contribution is -0.145. The van der Waals surface area contributed by atoms with Crippen LogP contribution in [0.25, 0.3) is 0 Å². The van der Waals surface area contributed by atoms with Gasteiger partial charge in [-0.15, -0.1) is 0 Å². The number of hydrogen-bond acceptors (Lipinski definition) is 4. The number of piperidine rings is 1. The zero-order valence-corrected chi connectivity index (χ0v) is 13.9. The van der Waals surface area contributed by atoms with Gasteiger partial charge in [0.2, 0.25) is 0 Å². The number of carboxylic acids is 1. The Morgan fingerprint density at radius 2 is 2.05 bits per heavy atom. The second-order valence-corrected chi connectivity index (χ2v) is 6.12. The molecule has 0 aromatic carbocycles. The molecule has 1 atom stereocenters. The van der Waals surface area contributed by atoms with Crippen LogP contribution in [0.2, 0.25) is 0 Å². The van der Waals surface area contributed by atoms with Crippen molar-refractivity contribution in [3.63, 3.8) is 0 Å². The number of likely N-dealkylation sites (N-methyl/N-ethyl adjacent to an activating group) is 1. The van der Waals surface area contributed by atoms with Gasteiger partial charge in [0.25, 0.3) is 0 Å². The average Bonchev–Trinajstić information content (AvgIpc) is 2.48. The normalized spacial score (nSPS) is 20.3. The topological polar surface area (TPSA) is 61.8 Å². The molecule has 124 valence electrons. The van der Waals surface area contributed by atoms with Crippen LogP contribution in [-0.2, 0) is 9.53 Å². The average molecular weight is 300 g/mol. The maximum absolute atomic E-state index is 11.5. The Morgan fingerprint density at radius 3 is 2.52 bits per heavy atom. The number of nitrogens with one attached hydrogen (secondary N) is 1. The summed E-state index contributed by atoms with van der Waals surface area (Å²) in [6.07, 6.45) is 4.65. The Balaban J connectivity index is 2.33. The van der Waals surface area contributed by atoms with Crippen LogP contribution in [0.1, 0.15) is 46.0 Å². The lowest BCUT2D eigenvalue weighted by atomic mass is 9.90. The summed E-state index contributed by atoms with van der Waals surface area (Å²) in [7, 11) is 1.77. The number of rotatable bonds is 10. The zero-order valence-electron chi connectivity index (χ0n) is 13.9. The lowest BCUT2D eigenvalue weighted by Crippen LogP contribution is -2.52. The van der Waals surface area contributed by atoms with Crippen LogP contribution in [0.4, 0.5) is 0 Å². The monoisotopic (exact) mass is 300 g/mol. The summed E-state index contributed by atoms with van der Waals surface area (Å²) in [4.78, 5) is 14.0. The number of aliphatic carboxylic acids is 1. The molecular weight excluding hydrogens is 268 g/mol. The maximum atomic E-state index is 11.5. The molecule has 21 heavy (non-hydrogen) atoms. The molecule has 1 aliphatic rings. The van der Waals surface area contributed by atoms with Gasteiger partial charge in [-0.2, -0.15) is 0 Å². The van der Waals surface area contributed by atoms with Gasteiger partial charge < -0.3 is 20.1 Å². The first kappa shape index (κ1) is 18.4. The van der Waals surface area contributed by atoms with Gasteiger partial charge >= 0.3 is 5.97 Å². The van der Waals surface area contributed by atoms with Crippen molar-refractivity contribution in [1.29, 1.82) is 0 Å². The van der Waals surface area contributed by atoms with Crippen molar-refractivity contribution < 1.29 is 14.6 Å². The molecule has 5 heteroatoms. The predicted octanol–water partition coefficient (Wildman–Crippen LogP) is 1.97. The van der Waals surface area contributed by atoms with Gasteiger partial charge in [0, 0.05) is 13.7 Å². The third-order valence-electron chi connectivity index (χ3n) is 4.72. The number of methoxy groups -OCH3 is 1. The molecule has 5 nitrogen and oxygen atoms in total. The largest absolute Gasteiger partial charge is 0.480 e. The van der Waals surface area contributed by atoms with E-state index in [9.17, 15) is 9.90 Å². The molecule has 1 fully saturated rings. The molecule has 1 aliphatic heterocycles. The van der Waals surface area contributed by atoms with Gasteiger partial charge in [-0.3, -0.25) is 4.79 Å². The van der Waals surface area contributed by atoms with Gasteiger partial charge in [-0.25, -0.2) is 0 Å². The Kier molecular flexibility index (Phi) is 8.22. The summed E-state index contributed by atoms with van der Waals surface area (Å²) < 4.78 is 5.22. The summed E-state index contributed by atoms with van der Waals surface area (Å²) in [5.41, 5.74) is -0.747. The summed E-state index contributed by atoms with van der Waals surface area (Å²) in [6.45, 7) is 8.71. The first-order valence-corrected chi connectivity index (χ1v) is 8.27. The quantitative estimate of drug-likeness (QED) is 0.646. The molecule has 1 heterocycles. The predicted molar refractivity (Wildman–Crippen MR) is 84.6 cm³/mol. The number of ether oxygens (including phenoxy) is 1. The van der Waals surface area contributed by atoms with Crippen LogP contribution < -0.4 is 5.32 Å². The number of carbonyl (C=O) groups is 1. The van der Waals surface area contributed by atoms with E-state index >= 15 is 0 Å². The summed E-state index contributed by atoms with van der Waals surface area (Å²) in [6, 6.07) is 0. The maximum Gasteiger partial charge on any atom is 0.323 e. The molecule has 0 spiro atoms. The van der Waals surface area contributed by atoms with Gasteiger partial charge in [0.15, 0.2) is 0 Å². The van der Waals surface area contributed by atoms with Crippen molar-refractivity contribution in [2.24, 2.45) is 5.92 Å². The van der Waals surface area contributed by atoms with E-state index in [-0.39, 0.29) is 0 Å². The minimum absolute atomic E-state index is 0.631. The smallest absolute Gasteiger partial charge is 0.323 e. The van der Waals surface area contributed by atoms with Crippen LogP contribution in [0.5, 0.6) is 0 Å². The van der Waals surface area contributed by atoms with E-state index in [1.165, 1.54) is 12.8 Å². The van der Waals surface area contributed by atoms with Crippen molar-refractivity contribution >= 4 is 5.97 Å². The second-order valence-electron chi connectivity index (χ2n) is 6.12. The van der Waals surface area contributed by atoms with Crippen molar-refractivity contribution in [3.8, 4) is 0 Å². The van der Waals surface area contributed by atoms with Gasteiger partial charge in [0.1, 0.15) is 5.54 Å². The fraction of sp³-hybridized carbons (Fsp3) is 0.938. The fourth-order valence-corrected chi connectivity index (χ4v) is 3.28. The molecule has 0 aromatic heterocycles. The van der Waals surface area contributed by atoms with Crippen molar-refractivity contribution in [2.45, 2.75) is 51.5 Å². The molecule has 0 amide bonds. The van der Waals surface area contributed by atoms with Gasteiger partial charge in [-0.1, -0.05) is 13.8 Å². The minimum Gasteiger partial charge on any atom is -0.480 e. The van der Waals surface area contributed by atoms with Crippen LogP contribution in [0.15, 0.2) is 0 Å². The van der Waals surface area contributed by atoms with E-state index in [1.807, 2.05) is 13.8 Å². The second kappa shape index (κ2) is 9.38. The highest BCUT2D eigenvalue weighted by Gasteiger charge is 2.35. The molecule has 0 saturated carbocycles. The van der Waals surface area contributed by atoms with Crippen molar-refractivity contribution in [2.75, 3.05) is 39.9 Å². The van der Waals surface area contributed by atoms with E-state index in [0.29, 0.717) is 25.3 Å². The Morgan fingerprint density at radius 1 is 1.38 bits per heavy atom. The molecule has 1 rings (SSSR count). The Bertz CT molecular complexity index is 304. The first-order chi connectivity index (χ1) is 10.1. The number of nitrogens with zero attached hydrogens (tertiary/aromatic N) is 1. The molecule has 0 aromatic rings. The van der Waals surface area contributed by atoms with Crippen LogP contribution in [0.3, 0.4) is 0 Å².